The first kappa shape index (κ1) is 6.73. The van der Waals surface area contributed by atoms with E-state index >= 15 is 0 Å². The van der Waals surface area contributed by atoms with Gasteiger partial charge in [0.15, 0.2) is 0 Å². The Balaban J connectivity index is 2.54. The second kappa shape index (κ2) is 4.51. The lowest BCUT2D eigenvalue weighted by atomic mass is 9.83. The normalized spacial score (nSPS) is 30.1. The second-order valence-electron chi connectivity index (χ2n) is 5.01. The van der Waals surface area contributed by atoms with E-state index in [4.69, 9.17) is 25.0 Å². The molecule has 0 N–H and O–H groups in total. The molecule has 6 heteroatoms. The van der Waals surface area contributed by atoms with Gasteiger partial charge in [-0.1, -0.05) is 18.2 Å². The Bertz CT molecular complexity index is 669. The van der Waals surface area contributed by atoms with Crippen LogP contribution in [-0.4, -0.2) is 30.3 Å². The standard InChI is InChI=1S/C12H20BNO3S/c1-7-8-9(14-10(15-6)18-8)13-16-11(2,3)12(4,5)17-13/h7H2,1-6H3/i1D3,6D3,7D2. The van der Waals surface area contributed by atoms with Gasteiger partial charge in [-0.05, 0) is 34.1 Å². The van der Waals surface area contributed by atoms with Crippen molar-refractivity contribution >= 4 is 24.0 Å². The zero-order chi connectivity index (χ0) is 20.3. The summed E-state index contributed by atoms with van der Waals surface area (Å²) in [6.07, 6.45) is -2.79. The van der Waals surface area contributed by atoms with Crippen molar-refractivity contribution in [1.82, 2.24) is 4.98 Å². The minimum atomic E-state index is -3.00. The number of aryl methyl sites for hydroxylation is 1. The number of ether oxygens (including phenoxy) is 1. The molecule has 2 heterocycles. The summed E-state index contributed by atoms with van der Waals surface area (Å²) >= 11 is 0.519. The quantitative estimate of drug-likeness (QED) is 0.792. The van der Waals surface area contributed by atoms with E-state index in [-0.39, 0.29) is 15.7 Å². The second-order valence-corrected chi connectivity index (χ2v) is 5.97. The number of rotatable bonds is 3. The number of nitrogens with zero attached hydrogens (tertiary/aromatic N) is 1. The molecule has 2 rings (SSSR count). The molecule has 1 aliphatic rings. The number of aromatic nitrogens is 1. The Labute approximate surface area is 124 Å². The third kappa shape index (κ3) is 2.17. The monoisotopic (exact) mass is 277 g/mol. The Morgan fingerprint density at radius 3 is 2.61 bits per heavy atom. The zero-order valence-electron chi connectivity index (χ0n) is 18.7. The SMILES string of the molecule is [2H]C([2H])([2H])Oc1nc(B2OC(C)(C)C(C)(C)O2)c(C([2H])([2H])C([2H])([2H])[2H])s1. The Morgan fingerprint density at radius 1 is 1.39 bits per heavy atom. The average Bonchev–Trinajstić information content (AvgIpc) is 2.85. The molecule has 1 fully saturated rings. The summed E-state index contributed by atoms with van der Waals surface area (Å²) in [4.78, 5) is 3.67. The van der Waals surface area contributed by atoms with Crippen LogP contribution < -0.4 is 10.3 Å². The van der Waals surface area contributed by atoms with Gasteiger partial charge < -0.3 is 14.0 Å². The number of hydrogen-bond donors (Lipinski definition) is 0. The molecule has 100 valence electrons. The van der Waals surface area contributed by atoms with Gasteiger partial charge in [-0.25, -0.2) is 4.98 Å². The molecule has 18 heavy (non-hydrogen) atoms. The lowest BCUT2D eigenvalue weighted by Gasteiger charge is -2.32. The van der Waals surface area contributed by atoms with Crippen LogP contribution in [0, 0.1) is 0 Å². The van der Waals surface area contributed by atoms with Crippen molar-refractivity contribution in [3.8, 4) is 5.19 Å². The van der Waals surface area contributed by atoms with Crippen LogP contribution >= 0.6 is 11.3 Å². The summed E-state index contributed by atoms with van der Waals surface area (Å²) in [5, 5.41) is -0.377. The van der Waals surface area contributed by atoms with Crippen LogP contribution in [0.2, 0.25) is 0 Å². The summed E-state index contributed by atoms with van der Waals surface area (Å²) in [7, 11) is -3.97. The molecule has 4 nitrogen and oxygen atoms in total. The van der Waals surface area contributed by atoms with Crippen LogP contribution in [-0.2, 0) is 15.7 Å². The highest BCUT2D eigenvalue weighted by Crippen LogP contribution is 2.37. The first-order valence-corrected chi connectivity index (χ1v) is 6.25. The Kier molecular flexibility index (Phi) is 1.68. The summed E-state index contributed by atoms with van der Waals surface area (Å²) in [6.45, 7) is 4.10. The molecule has 1 aliphatic heterocycles. The minimum Gasteiger partial charge on any atom is -0.473 e. The van der Waals surface area contributed by atoms with E-state index in [1.807, 2.05) is 0 Å². The average molecular weight is 277 g/mol. The van der Waals surface area contributed by atoms with Crippen LogP contribution in [0.1, 0.15) is 50.4 Å². The van der Waals surface area contributed by atoms with Gasteiger partial charge in [0, 0.05) is 11.7 Å². The summed E-state index contributed by atoms with van der Waals surface area (Å²) in [5.41, 5.74) is -1.67. The number of methoxy groups -OCH3 is 1. The first-order chi connectivity index (χ1) is 11.4. The molecule has 0 radical (unpaired) electrons. The maximum absolute atomic E-state index is 8.03. The van der Waals surface area contributed by atoms with E-state index in [0.29, 0.717) is 11.3 Å². The van der Waals surface area contributed by atoms with Gasteiger partial charge in [-0.2, -0.15) is 0 Å². The van der Waals surface area contributed by atoms with E-state index in [0.717, 1.165) is 0 Å². The largest absolute Gasteiger partial charge is 0.515 e. The summed E-state index contributed by atoms with van der Waals surface area (Å²) in [5.74, 6) is 0. The van der Waals surface area contributed by atoms with Crippen LogP contribution in [0.3, 0.4) is 0 Å². The van der Waals surface area contributed by atoms with Gasteiger partial charge in [0.2, 0.25) is 0 Å². The molecule has 0 unspecified atom stereocenters. The van der Waals surface area contributed by atoms with Gasteiger partial charge in [0.1, 0.15) is 0 Å². The molecule has 0 atom stereocenters. The lowest BCUT2D eigenvalue weighted by Crippen LogP contribution is -2.41. The zero-order valence-corrected chi connectivity index (χ0v) is 11.5. The summed E-state index contributed by atoms with van der Waals surface area (Å²) < 4.78 is 76.4. The third-order valence-electron chi connectivity index (χ3n) is 3.31. The van der Waals surface area contributed by atoms with E-state index in [9.17, 15) is 0 Å². The van der Waals surface area contributed by atoms with Gasteiger partial charge in [-0.3, -0.25) is 0 Å². The molecule has 0 aliphatic carbocycles. The molecule has 0 amide bonds. The Morgan fingerprint density at radius 2 is 2.06 bits per heavy atom. The summed E-state index contributed by atoms with van der Waals surface area (Å²) in [6, 6.07) is 0. The highest BCUT2D eigenvalue weighted by molar-refractivity contribution is 7.14. The van der Waals surface area contributed by atoms with Crippen molar-refractivity contribution in [2.24, 2.45) is 0 Å². The number of hydrogen-bond acceptors (Lipinski definition) is 5. The molecular weight excluding hydrogens is 249 g/mol. The molecule has 1 saturated heterocycles. The molecule has 0 saturated carbocycles. The highest BCUT2D eigenvalue weighted by atomic mass is 32.1. The first-order valence-electron chi connectivity index (χ1n) is 9.43. The fourth-order valence-corrected chi connectivity index (χ4v) is 2.22. The van der Waals surface area contributed by atoms with Crippen molar-refractivity contribution < 1.29 is 25.0 Å². The van der Waals surface area contributed by atoms with Gasteiger partial charge in [0.25, 0.3) is 5.19 Å². The van der Waals surface area contributed by atoms with Crippen molar-refractivity contribution in [2.45, 2.75) is 52.1 Å². The van der Waals surface area contributed by atoms with E-state index in [2.05, 4.69) is 4.98 Å². The van der Waals surface area contributed by atoms with Crippen LogP contribution in [0.4, 0.5) is 0 Å². The lowest BCUT2D eigenvalue weighted by molar-refractivity contribution is 0.00578. The maximum atomic E-state index is 8.03. The fraction of sp³-hybridized carbons (Fsp3) is 0.750. The molecule has 0 bridgehead atoms. The van der Waals surface area contributed by atoms with Crippen molar-refractivity contribution in [2.75, 3.05) is 7.04 Å². The van der Waals surface area contributed by atoms with Crippen LogP contribution in [0.25, 0.3) is 0 Å². The molecule has 0 spiro atoms. The number of thiazole rings is 1. The van der Waals surface area contributed by atoms with E-state index in [1.54, 1.807) is 27.7 Å². The van der Waals surface area contributed by atoms with Gasteiger partial charge in [0.05, 0.1) is 27.9 Å². The van der Waals surface area contributed by atoms with Gasteiger partial charge in [-0.15, -0.1) is 0 Å². The molecule has 1 aromatic rings. The molecule has 1 aromatic heterocycles. The van der Waals surface area contributed by atoms with Crippen molar-refractivity contribution in [3.05, 3.63) is 4.88 Å². The van der Waals surface area contributed by atoms with Crippen molar-refractivity contribution in [3.63, 3.8) is 0 Å². The van der Waals surface area contributed by atoms with Crippen LogP contribution in [0.15, 0.2) is 0 Å². The predicted molar refractivity (Wildman–Crippen MR) is 73.8 cm³/mol. The van der Waals surface area contributed by atoms with Gasteiger partial charge >= 0.3 is 7.12 Å². The topological polar surface area (TPSA) is 40.6 Å². The maximum Gasteiger partial charge on any atom is 0.515 e. The fourth-order valence-electron chi connectivity index (χ4n) is 1.56. The van der Waals surface area contributed by atoms with Crippen LogP contribution in [0.5, 0.6) is 5.19 Å². The molecular formula is C12H20BNO3S. The third-order valence-corrected chi connectivity index (χ3v) is 4.18. The Hall–Kier alpha value is -0.585. The minimum absolute atomic E-state index is 0.131. The highest BCUT2D eigenvalue weighted by Gasteiger charge is 2.53. The van der Waals surface area contributed by atoms with E-state index in [1.165, 1.54) is 0 Å². The molecule has 0 aromatic carbocycles. The van der Waals surface area contributed by atoms with E-state index < -0.39 is 38.6 Å². The predicted octanol–water partition coefficient (Wildman–Crippen LogP) is 2.01. The smallest absolute Gasteiger partial charge is 0.473 e. The van der Waals surface area contributed by atoms with Crippen molar-refractivity contribution in [1.29, 1.82) is 0 Å².